The first kappa shape index (κ1) is 13.4. The molecule has 76 valence electrons. The Balaban J connectivity index is 3.58. The second-order valence-corrected chi connectivity index (χ2v) is 6.47. The van der Waals surface area contributed by atoms with E-state index < -0.39 is 0 Å². The molecule has 0 N–H and O–H groups in total. The predicted octanol–water partition coefficient (Wildman–Crippen LogP) is 5.39. The average molecular weight is 310 g/mol. The minimum absolute atomic E-state index is 0.765. The first-order valence-electron chi connectivity index (χ1n) is 4.67. The third-order valence-corrected chi connectivity index (χ3v) is 2.53. The van der Waals surface area contributed by atoms with Gasteiger partial charge in [-0.05, 0) is 70.9 Å². The van der Waals surface area contributed by atoms with Crippen LogP contribution in [-0.2, 0) is 0 Å². The molecule has 0 aromatic rings. The zero-order valence-corrected chi connectivity index (χ0v) is 11.8. The van der Waals surface area contributed by atoms with E-state index in [9.17, 15) is 0 Å². The van der Waals surface area contributed by atoms with Crippen LogP contribution in [0, 0.1) is 5.92 Å². The highest BCUT2D eigenvalue weighted by Gasteiger charge is 1.98. The van der Waals surface area contributed by atoms with Gasteiger partial charge in [0.1, 0.15) is 0 Å². The molecule has 0 fully saturated rings. The number of allylic oxidation sites excluding steroid dienone is 3. The van der Waals surface area contributed by atoms with Crippen molar-refractivity contribution in [3.63, 3.8) is 0 Å². The van der Waals surface area contributed by atoms with Gasteiger partial charge < -0.3 is 0 Å². The van der Waals surface area contributed by atoms with Crippen molar-refractivity contribution in [1.29, 1.82) is 0 Å². The molecule has 0 rings (SSSR count). The van der Waals surface area contributed by atoms with E-state index in [2.05, 4.69) is 64.8 Å². The van der Waals surface area contributed by atoms with Crippen LogP contribution in [0.3, 0.4) is 0 Å². The van der Waals surface area contributed by atoms with Crippen LogP contribution in [0.25, 0.3) is 0 Å². The summed E-state index contributed by atoms with van der Waals surface area (Å²) in [7, 11) is 0. The summed E-state index contributed by atoms with van der Waals surface area (Å²) in [6, 6.07) is 0. The predicted molar refractivity (Wildman–Crippen MR) is 68.4 cm³/mol. The maximum atomic E-state index is 3.36. The van der Waals surface area contributed by atoms with Crippen LogP contribution in [0.1, 0.15) is 40.0 Å². The van der Waals surface area contributed by atoms with E-state index >= 15 is 0 Å². The Bertz CT molecular complexity index is 184. The van der Waals surface area contributed by atoms with Gasteiger partial charge in [0.05, 0.1) is 3.39 Å². The van der Waals surface area contributed by atoms with E-state index in [0.29, 0.717) is 0 Å². The summed E-state index contributed by atoms with van der Waals surface area (Å²) in [5.41, 5.74) is 1.42. The van der Waals surface area contributed by atoms with Gasteiger partial charge in [-0.1, -0.05) is 24.6 Å². The maximum Gasteiger partial charge on any atom is 0.0564 e. The van der Waals surface area contributed by atoms with Gasteiger partial charge in [-0.25, -0.2) is 0 Å². The Hall–Kier alpha value is 0.440. The molecule has 0 saturated heterocycles. The molecule has 0 aromatic carbocycles. The number of hydrogen-bond acceptors (Lipinski definition) is 0. The number of halogens is 2. The summed E-state index contributed by atoms with van der Waals surface area (Å²) in [5, 5.41) is 0. The molecular weight excluding hydrogens is 292 g/mol. The summed E-state index contributed by atoms with van der Waals surface area (Å²) >= 11 is 6.72. The molecule has 0 amide bonds. The Morgan fingerprint density at radius 2 is 1.85 bits per heavy atom. The van der Waals surface area contributed by atoms with E-state index in [1.165, 1.54) is 18.4 Å². The van der Waals surface area contributed by atoms with E-state index in [1.807, 2.05) is 0 Å². The highest BCUT2D eigenvalue weighted by atomic mass is 79.9. The maximum absolute atomic E-state index is 3.36. The first-order valence-corrected chi connectivity index (χ1v) is 6.25. The molecule has 0 nitrogen and oxygen atoms in total. The van der Waals surface area contributed by atoms with Gasteiger partial charge in [-0.3, -0.25) is 0 Å². The molecule has 0 radical (unpaired) electrons. The van der Waals surface area contributed by atoms with Crippen molar-refractivity contribution in [2.24, 2.45) is 5.92 Å². The molecule has 0 heterocycles. The molecule has 0 spiro atoms. The lowest BCUT2D eigenvalue weighted by molar-refractivity contribution is 0.546. The molecular formula is C11H18Br2. The van der Waals surface area contributed by atoms with Gasteiger partial charge in [-0.15, -0.1) is 0 Å². The zero-order valence-electron chi connectivity index (χ0n) is 8.61. The Morgan fingerprint density at radius 1 is 1.23 bits per heavy atom. The third kappa shape index (κ3) is 10.4. The topological polar surface area (TPSA) is 0 Å². The van der Waals surface area contributed by atoms with E-state index in [0.717, 1.165) is 15.7 Å². The quantitative estimate of drug-likeness (QED) is 0.597. The average Bonchev–Trinajstić information content (AvgIpc) is 2.00. The van der Waals surface area contributed by atoms with E-state index in [1.54, 1.807) is 0 Å². The van der Waals surface area contributed by atoms with Crippen molar-refractivity contribution in [3.8, 4) is 0 Å². The monoisotopic (exact) mass is 308 g/mol. The van der Waals surface area contributed by atoms with Gasteiger partial charge >= 0.3 is 0 Å². The molecule has 0 unspecified atom stereocenters. The Morgan fingerprint density at radius 3 is 2.31 bits per heavy atom. The molecule has 0 saturated carbocycles. The molecule has 0 aliphatic rings. The highest BCUT2D eigenvalue weighted by Crippen LogP contribution is 2.18. The molecule has 0 aliphatic carbocycles. The van der Waals surface area contributed by atoms with Crippen LogP contribution >= 0.6 is 31.9 Å². The second kappa shape index (κ2) is 7.81. The molecule has 0 aliphatic heterocycles. The van der Waals surface area contributed by atoms with Crippen LogP contribution < -0.4 is 0 Å². The number of hydrogen-bond donors (Lipinski definition) is 0. The van der Waals surface area contributed by atoms with Crippen molar-refractivity contribution >= 4 is 31.9 Å². The summed E-state index contributed by atoms with van der Waals surface area (Å²) in [4.78, 5) is 0. The van der Waals surface area contributed by atoms with Crippen molar-refractivity contribution < 1.29 is 0 Å². The summed E-state index contributed by atoms with van der Waals surface area (Å²) in [6.45, 7) is 6.59. The first-order chi connectivity index (χ1) is 6.02. The van der Waals surface area contributed by atoms with Gasteiger partial charge in [0.15, 0.2) is 0 Å². The van der Waals surface area contributed by atoms with Gasteiger partial charge in [0.2, 0.25) is 0 Å². The summed E-state index contributed by atoms with van der Waals surface area (Å²) in [6.07, 6.45) is 8.10. The smallest absolute Gasteiger partial charge is 0.0564 e. The van der Waals surface area contributed by atoms with Gasteiger partial charge in [0.25, 0.3) is 0 Å². The van der Waals surface area contributed by atoms with E-state index in [-0.39, 0.29) is 0 Å². The van der Waals surface area contributed by atoms with Crippen LogP contribution in [0.15, 0.2) is 21.1 Å². The molecule has 1 atom stereocenters. The van der Waals surface area contributed by atoms with Crippen LogP contribution in [0.2, 0.25) is 0 Å². The zero-order chi connectivity index (χ0) is 10.3. The fraction of sp³-hybridized carbons (Fsp3) is 0.636. The molecule has 2 heteroatoms. The van der Waals surface area contributed by atoms with Crippen LogP contribution in [-0.4, -0.2) is 0 Å². The summed E-state index contributed by atoms with van der Waals surface area (Å²) in [5.74, 6) is 0.765. The largest absolute Gasteiger partial charge is 0.0859 e. The van der Waals surface area contributed by atoms with Gasteiger partial charge in [0, 0.05) is 0 Å². The lowest BCUT2D eigenvalue weighted by Crippen LogP contribution is -1.91. The van der Waals surface area contributed by atoms with Crippen molar-refractivity contribution in [1.82, 2.24) is 0 Å². The number of rotatable bonds is 5. The lowest BCUT2D eigenvalue weighted by Gasteiger charge is -2.06. The molecule has 0 aromatic heterocycles. The van der Waals surface area contributed by atoms with Crippen LogP contribution in [0.5, 0.6) is 0 Å². The molecule has 13 heavy (non-hydrogen) atoms. The van der Waals surface area contributed by atoms with Gasteiger partial charge in [-0.2, -0.15) is 0 Å². The normalized spacial score (nSPS) is 12.1. The van der Waals surface area contributed by atoms with Crippen LogP contribution in [0.4, 0.5) is 0 Å². The molecule has 0 bridgehead atoms. The minimum atomic E-state index is 0.765. The Labute approximate surface area is 98.7 Å². The summed E-state index contributed by atoms with van der Waals surface area (Å²) < 4.78 is 1.06. The standard InChI is InChI=1S/C11H18Br2/c1-9(2)5-4-6-10(3)7-8-11(12)13/h5,8,10H,4,6-7H2,1-3H3/t10-/m1/s1. The fourth-order valence-electron chi connectivity index (χ4n) is 1.06. The van der Waals surface area contributed by atoms with E-state index in [4.69, 9.17) is 0 Å². The fourth-order valence-corrected chi connectivity index (χ4v) is 1.44. The van der Waals surface area contributed by atoms with Crippen molar-refractivity contribution in [2.75, 3.05) is 0 Å². The Kier molecular flexibility index (Phi) is 8.07. The second-order valence-electron chi connectivity index (χ2n) is 3.69. The highest BCUT2D eigenvalue weighted by molar-refractivity contribution is 9.28. The van der Waals surface area contributed by atoms with Crippen molar-refractivity contribution in [3.05, 3.63) is 21.1 Å². The third-order valence-electron chi connectivity index (χ3n) is 1.89. The lowest BCUT2D eigenvalue weighted by atomic mass is 10.0. The minimum Gasteiger partial charge on any atom is -0.0859 e. The van der Waals surface area contributed by atoms with Crippen molar-refractivity contribution in [2.45, 2.75) is 40.0 Å². The SMILES string of the molecule is CC(C)=CCC[C@@H](C)CC=C(Br)Br.